The average molecular weight is 597 g/mol. The van der Waals surface area contributed by atoms with Crippen LogP contribution in [0.1, 0.15) is 5.56 Å². The number of anilines is 2. The Bertz CT molecular complexity index is 1520. The maximum Gasteiger partial charge on any atom is 1.00 e. The van der Waals surface area contributed by atoms with E-state index in [2.05, 4.69) is 19.6 Å². The molecule has 18 heteroatoms. The van der Waals surface area contributed by atoms with Crippen LogP contribution in [-0.4, -0.2) is 34.5 Å². The van der Waals surface area contributed by atoms with Crippen LogP contribution in [0.15, 0.2) is 73.8 Å². The van der Waals surface area contributed by atoms with Crippen molar-refractivity contribution in [2.45, 2.75) is 9.79 Å². The van der Waals surface area contributed by atoms with E-state index in [4.69, 9.17) is 11.5 Å². The molecule has 0 unspecified atom stereocenters. The third-order valence-corrected chi connectivity index (χ3v) is 6.21. The molecule has 0 atom stereocenters. The van der Waals surface area contributed by atoms with Crippen molar-refractivity contribution in [1.82, 2.24) is 9.78 Å². The molecule has 0 bridgehead atoms. The number of carbonyl (C=O) groups is 1. The van der Waals surface area contributed by atoms with Gasteiger partial charge in [-0.05, 0) is 54.6 Å². The second-order valence-corrected chi connectivity index (χ2v) is 9.06. The van der Waals surface area contributed by atoms with Crippen molar-refractivity contribution in [3.63, 3.8) is 0 Å². The van der Waals surface area contributed by atoms with Crippen LogP contribution in [0.3, 0.4) is 0 Å². The van der Waals surface area contributed by atoms with Gasteiger partial charge in [0.1, 0.15) is 15.9 Å². The monoisotopic (exact) mass is 596 g/mol. The number of hydrogen-bond acceptors (Lipinski definition) is 12. The van der Waals surface area contributed by atoms with Crippen molar-refractivity contribution in [2.75, 3.05) is 10.7 Å². The molecule has 14 nitrogen and oxygen atoms in total. The first kappa shape index (κ1) is 32.6. The Labute approximate surface area is 298 Å². The van der Waals surface area contributed by atoms with Gasteiger partial charge in [-0.1, -0.05) is 0 Å². The van der Waals surface area contributed by atoms with E-state index in [1.807, 2.05) is 0 Å². The number of nitrogens with one attached hydrogen (secondary N) is 1. The fourth-order valence-corrected chi connectivity index (χ4v) is 3.95. The zero-order chi connectivity index (χ0) is 25.3. The number of nitrogens with two attached hydrogens (primary N) is 2. The van der Waals surface area contributed by atoms with Gasteiger partial charge < -0.3 is 21.3 Å². The minimum Gasteiger partial charge on any atom is -0.744 e. The Balaban J connectivity index is 0.00000241. The minimum atomic E-state index is -4.65. The predicted octanol–water partition coefficient (Wildman–Crippen LogP) is -6.41. The SMILES string of the molecule is NC1=NN(c2ccc(SOO[O-])cc2)C(=O)C1=Cc1c(N)[nH]n(-c2ccc(S(=O)(=O)[O-])cc2)c1=O.[K+].[K+]. The number of aromatic amines is 1. The van der Waals surface area contributed by atoms with Crippen molar-refractivity contribution in [2.24, 2.45) is 10.8 Å². The smallest absolute Gasteiger partial charge is 0.744 e. The van der Waals surface area contributed by atoms with E-state index in [1.165, 1.54) is 30.3 Å². The second-order valence-electron chi connectivity index (χ2n) is 6.90. The summed E-state index contributed by atoms with van der Waals surface area (Å²) < 4.78 is 38.6. The summed E-state index contributed by atoms with van der Waals surface area (Å²) in [5.74, 6) is -0.879. The van der Waals surface area contributed by atoms with Crippen LogP contribution in [0.4, 0.5) is 11.5 Å². The minimum absolute atomic E-state index is 0. The van der Waals surface area contributed by atoms with E-state index in [-0.39, 0.29) is 131 Å². The van der Waals surface area contributed by atoms with Gasteiger partial charge in [-0.15, -0.1) is 5.10 Å². The standard InChI is InChI=1S/C19H16N6O8S2.2K/c20-16-14(18(26)24(22-16)10-1-5-12(6-2-10)34-33-32-28)9-15-17(21)23-25(19(15)27)11-3-7-13(8-4-11)35(29,30)31;;/h1-9,23,28H,21H2,(H2,20,22)(H,29,30,31);;/q;2*+1/p-2. The van der Waals surface area contributed by atoms with E-state index in [9.17, 15) is 27.8 Å². The van der Waals surface area contributed by atoms with Gasteiger partial charge in [0.25, 0.3) is 11.5 Å². The van der Waals surface area contributed by atoms with E-state index in [0.717, 1.165) is 21.8 Å². The summed E-state index contributed by atoms with van der Waals surface area (Å²) in [4.78, 5) is 25.9. The molecule has 0 saturated carbocycles. The van der Waals surface area contributed by atoms with Gasteiger partial charge in [0.2, 0.25) is 0 Å². The second kappa shape index (κ2) is 13.6. The Hall–Kier alpha value is -0.657. The molecule has 0 fully saturated rings. The first-order chi connectivity index (χ1) is 16.6. The third-order valence-electron chi connectivity index (χ3n) is 4.77. The van der Waals surface area contributed by atoms with Crippen molar-refractivity contribution in [3.8, 4) is 5.69 Å². The molecule has 1 amide bonds. The number of nitrogens with zero attached hydrogens (tertiary/aromatic N) is 3. The molecule has 0 radical (unpaired) electrons. The van der Waals surface area contributed by atoms with Crippen LogP contribution in [0.25, 0.3) is 11.8 Å². The number of nitrogen functional groups attached to an aromatic ring is 1. The number of hydrazone groups is 1. The molecule has 182 valence electrons. The van der Waals surface area contributed by atoms with Crippen LogP contribution in [0, 0.1) is 0 Å². The molecule has 3 aromatic rings. The third kappa shape index (κ3) is 7.30. The van der Waals surface area contributed by atoms with Crippen LogP contribution in [0.5, 0.6) is 0 Å². The van der Waals surface area contributed by atoms with Gasteiger partial charge in [-0.25, -0.2) is 13.1 Å². The summed E-state index contributed by atoms with van der Waals surface area (Å²) in [6.45, 7) is 0. The normalized spacial score (nSPS) is 14.3. The zero-order valence-corrected chi connectivity index (χ0v) is 27.2. The number of amides is 1. The molecule has 1 aromatic heterocycles. The molecule has 1 aliphatic rings. The number of H-pyrrole nitrogens is 1. The Morgan fingerprint density at radius 2 is 1.59 bits per heavy atom. The van der Waals surface area contributed by atoms with E-state index in [1.54, 1.807) is 12.1 Å². The summed E-state index contributed by atoms with van der Waals surface area (Å²) in [5, 5.41) is 20.8. The number of rotatable bonds is 7. The summed E-state index contributed by atoms with van der Waals surface area (Å²) in [5.41, 5.74) is 11.6. The number of benzene rings is 2. The zero-order valence-electron chi connectivity index (χ0n) is 19.3. The van der Waals surface area contributed by atoms with Gasteiger partial charge >= 0.3 is 103 Å². The van der Waals surface area contributed by atoms with Crippen LogP contribution < -0.4 is 130 Å². The van der Waals surface area contributed by atoms with Crippen molar-refractivity contribution in [3.05, 3.63) is 70.0 Å². The van der Waals surface area contributed by atoms with Gasteiger partial charge in [0.15, 0.2) is 5.84 Å². The topological polar surface area (TPSA) is 221 Å². The molecule has 0 spiro atoms. The fraction of sp³-hybridized carbons (Fsp3) is 0. The van der Waals surface area contributed by atoms with Crippen LogP contribution in [0.2, 0.25) is 0 Å². The largest absolute Gasteiger partial charge is 1.00 e. The quantitative estimate of drug-likeness (QED) is 0.0581. The Morgan fingerprint density at radius 1 is 1.00 bits per heavy atom. The molecule has 1 aliphatic heterocycles. The number of carbonyl (C=O) groups excluding carboxylic acids is 1. The van der Waals surface area contributed by atoms with Crippen LogP contribution in [-0.2, 0) is 24.3 Å². The molecule has 0 saturated heterocycles. The fourth-order valence-electron chi connectivity index (χ4n) is 3.13. The molecule has 4 rings (SSSR count). The summed E-state index contributed by atoms with van der Waals surface area (Å²) in [6.07, 6.45) is 1.19. The summed E-state index contributed by atoms with van der Waals surface area (Å²) in [6, 6.07) is 10.7. The molecular formula is C19H14K2N6O8S2. The van der Waals surface area contributed by atoms with Gasteiger partial charge in [0.05, 0.1) is 39.4 Å². The Kier molecular flexibility index (Phi) is 12.0. The Morgan fingerprint density at radius 3 is 2.16 bits per heavy atom. The van der Waals surface area contributed by atoms with Gasteiger partial charge in [-0.2, -0.15) is 9.34 Å². The molecule has 5 N–H and O–H groups in total. The van der Waals surface area contributed by atoms with Crippen molar-refractivity contribution < 1.29 is 135 Å². The van der Waals surface area contributed by atoms with Gasteiger partial charge in [0, 0.05) is 4.90 Å². The molecule has 2 aromatic carbocycles. The first-order valence-electron chi connectivity index (χ1n) is 9.41. The summed E-state index contributed by atoms with van der Waals surface area (Å²) >= 11 is 0.671. The van der Waals surface area contributed by atoms with Gasteiger partial charge in [-0.3, -0.25) is 19.7 Å². The molecule has 2 heterocycles. The van der Waals surface area contributed by atoms with E-state index >= 15 is 0 Å². The van der Waals surface area contributed by atoms with Crippen molar-refractivity contribution in [1.29, 1.82) is 0 Å². The number of amidine groups is 1. The van der Waals surface area contributed by atoms with Crippen LogP contribution >= 0.6 is 12.0 Å². The van der Waals surface area contributed by atoms with Crippen molar-refractivity contribution >= 4 is 51.5 Å². The number of aromatic nitrogens is 2. The number of hydrogen-bond donors (Lipinski definition) is 3. The molecule has 0 aliphatic carbocycles. The van der Waals surface area contributed by atoms with E-state index < -0.39 is 26.5 Å². The first-order valence-corrected chi connectivity index (χ1v) is 11.6. The molecular weight excluding hydrogens is 583 g/mol. The maximum atomic E-state index is 12.9. The maximum absolute atomic E-state index is 12.9. The summed E-state index contributed by atoms with van der Waals surface area (Å²) in [7, 11) is -4.65. The predicted molar refractivity (Wildman–Crippen MR) is 120 cm³/mol. The molecule has 37 heavy (non-hydrogen) atoms. The van der Waals surface area contributed by atoms with E-state index in [0.29, 0.717) is 22.6 Å². The average Bonchev–Trinajstić information content (AvgIpc) is 3.27.